The quantitative estimate of drug-likeness (QED) is 0.723. The molecule has 0 heterocycles. The van der Waals surface area contributed by atoms with E-state index in [1.807, 2.05) is 31.2 Å². The van der Waals surface area contributed by atoms with Gasteiger partial charge in [0.2, 0.25) is 0 Å². The number of anilines is 1. The maximum atomic E-state index is 12.4. The SMILES string of the molecule is CCOc1ccccc1NC(=O)C[NH2+][C@@H](c1ccc(CC)cc1)C(C)C. The number of amides is 1. The van der Waals surface area contributed by atoms with Crippen LogP contribution in [0.3, 0.4) is 0 Å². The summed E-state index contributed by atoms with van der Waals surface area (Å²) in [6.07, 6.45) is 1.04. The predicted molar refractivity (Wildman–Crippen MR) is 106 cm³/mol. The summed E-state index contributed by atoms with van der Waals surface area (Å²) in [7, 11) is 0. The van der Waals surface area contributed by atoms with E-state index in [9.17, 15) is 4.79 Å². The number of carbonyl (C=O) groups excluding carboxylic acids is 1. The minimum absolute atomic E-state index is 0.0204. The second-order valence-electron chi connectivity index (χ2n) is 6.78. The smallest absolute Gasteiger partial charge is 0.279 e. The van der Waals surface area contributed by atoms with E-state index in [1.165, 1.54) is 11.1 Å². The number of hydrogen-bond acceptors (Lipinski definition) is 2. The van der Waals surface area contributed by atoms with Crippen LogP contribution in [0.5, 0.6) is 5.75 Å². The zero-order chi connectivity index (χ0) is 18.9. The van der Waals surface area contributed by atoms with Crippen molar-refractivity contribution in [2.24, 2.45) is 5.92 Å². The van der Waals surface area contributed by atoms with Crippen molar-refractivity contribution in [1.29, 1.82) is 0 Å². The van der Waals surface area contributed by atoms with Crippen LogP contribution in [-0.2, 0) is 11.2 Å². The minimum Gasteiger partial charge on any atom is -0.492 e. The Morgan fingerprint density at radius 1 is 1.08 bits per heavy atom. The molecular formula is C22H31N2O2+. The summed E-state index contributed by atoms with van der Waals surface area (Å²) < 4.78 is 5.57. The van der Waals surface area contributed by atoms with E-state index in [1.54, 1.807) is 0 Å². The van der Waals surface area contributed by atoms with Crippen LogP contribution in [0.15, 0.2) is 48.5 Å². The Labute approximate surface area is 157 Å². The van der Waals surface area contributed by atoms with E-state index in [0.29, 0.717) is 24.8 Å². The number of para-hydroxylation sites is 2. The Hall–Kier alpha value is -2.33. The van der Waals surface area contributed by atoms with Crippen molar-refractivity contribution in [3.63, 3.8) is 0 Å². The van der Waals surface area contributed by atoms with Crippen molar-refractivity contribution in [1.82, 2.24) is 0 Å². The van der Waals surface area contributed by atoms with Crippen LogP contribution in [0.2, 0.25) is 0 Å². The van der Waals surface area contributed by atoms with Crippen molar-refractivity contribution < 1.29 is 14.8 Å². The Bertz CT molecular complexity index is 696. The van der Waals surface area contributed by atoms with Crippen LogP contribution in [0.1, 0.15) is 44.9 Å². The normalized spacial score (nSPS) is 12.0. The van der Waals surface area contributed by atoms with Gasteiger partial charge in [-0.2, -0.15) is 0 Å². The van der Waals surface area contributed by atoms with Crippen molar-refractivity contribution >= 4 is 11.6 Å². The van der Waals surface area contributed by atoms with Crippen LogP contribution in [0.25, 0.3) is 0 Å². The molecular weight excluding hydrogens is 324 g/mol. The highest BCUT2D eigenvalue weighted by molar-refractivity contribution is 5.92. The molecule has 1 atom stereocenters. The van der Waals surface area contributed by atoms with Gasteiger partial charge in [-0.25, -0.2) is 0 Å². The molecule has 0 saturated heterocycles. The highest BCUT2D eigenvalue weighted by Gasteiger charge is 2.20. The summed E-state index contributed by atoms with van der Waals surface area (Å²) in [4.78, 5) is 12.4. The molecule has 4 heteroatoms. The lowest BCUT2D eigenvalue weighted by atomic mass is 9.95. The van der Waals surface area contributed by atoms with E-state index in [-0.39, 0.29) is 11.9 Å². The van der Waals surface area contributed by atoms with Crippen LogP contribution < -0.4 is 15.4 Å². The number of ether oxygens (including phenoxy) is 1. The summed E-state index contributed by atoms with van der Waals surface area (Å²) in [6, 6.07) is 16.5. The molecule has 2 rings (SSSR count). The summed E-state index contributed by atoms with van der Waals surface area (Å²) in [5.74, 6) is 1.12. The summed E-state index contributed by atoms with van der Waals surface area (Å²) in [5.41, 5.74) is 3.32. The van der Waals surface area contributed by atoms with Crippen LogP contribution >= 0.6 is 0 Å². The molecule has 0 aromatic heterocycles. The van der Waals surface area contributed by atoms with Crippen molar-refractivity contribution in [3.05, 3.63) is 59.7 Å². The topological polar surface area (TPSA) is 54.9 Å². The molecule has 0 aliphatic heterocycles. The highest BCUT2D eigenvalue weighted by atomic mass is 16.5. The fourth-order valence-electron chi connectivity index (χ4n) is 3.06. The van der Waals surface area contributed by atoms with Crippen molar-refractivity contribution in [3.8, 4) is 5.75 Å². The first kappa shape index (κ1) is 20.0. The Balaban J connectivity index is 1.99. The molecule has 0 spiro atoms. The average molecular weight is 356 g/mol. The van der Waals surface area contributed by atoms with E-state index in [2.05, 4.69) is 55.7 Å². The first-order valence-electron chi connectivity index (χ1n) is 9.49. The number of benzene rings is 2. The van der Waals surface area contributed by atoms with Gasteiger partial charge in [-0.3, -0.25) is 4.79 Å². The van der Waals surface area contributed by atoms with Gasteiger partial charge in [0.1, 0.15) is 11.8 Å². The highest BCUT2D eigenvalue weighted by Crippen LogP contribution is 2.23. The number of aryl methyl sites for hydroxylation is 1. The van der Waals surface area contributed by atoms with Gasteiger partial charge in [-0.1, -0.05) is 57.2 Å². The molecule has 0 saturated carbocycles. The fraction of sp³-hybridized carbons (Fsp3) is 0.409. The maximum Gasteiger partial charge on any atom is 0.279 e. The first-order valence-corrected chi connectivity index (χ1v) is 9.49. The number of nitrogens with two attached hydrogens (primary N) is 1. The maximum absolute atomic E-state index is 12.4. The molecule has 26 heavy (non-hydrogen) atoms. The summed E-state index contributed by atoms with van der Waals surface area (Å²) in [5, 5.41) is 5.08. The molecule has 0 aliphatic rings. The average Bonchev–Trinajstić information content (AvgIpc) is 2.64. The number of quaternary nitrogens is 1. The zero-order valence-corrected chi connectivity index (χ0v) is 16.3. The Morgan fingerprint density at radius 2 is 1.77 bits per heavy atom. The van der Waals surface area contributed by atoms with Crippen LogP contribution in [0, 0.1) is 5.92 Å². The van der Waals surface area contributed by atoms with Crippen LogP contribution in [-0.4, -0.2) is 19.1 Å². The number of carbonyl (C=O) groups is 1. The van der Waals surface area contributed by atoms with Gasteiger partial charge in [0, 0.05) is 11.5 Å². The first-order chi connectivity index (χ1) is 12.5. The Kier molecular flexibility index (Phi) is 7.67. The third-order valence-electron chi connectivity index (χ3n) is 4.51. The van der Waals surface area contributed by atoms with E-state index < -0.39 is 0 Å². The summed E-state index contributed by atoms with van der Waals surface area (Å²) >= 11 is 0. The lowest BCUT2D eigenvalue weighted by molar-refractivity contribution is -0.692. The van der Waals surface area contributed by atoms with Gasteiger partial charge >= 0.3 is 0 Å². The van der Waals surface area contributed by atoms with E-state index in [4.69, 9.17) is 4.74 Å². The van der Waals surface area contributed by atoms with Gasteiger partial charge in [-0.15, -0.1) is 0 Å². The van der Waals surface area contributed by atoms with Crippen molar-refractivity contribution in [2.75, 3.05) is 18.5 Å². The monoisotopic (exact) mass is 355 g/mol. The van der Waals surface area contributed by atoms with Gasteiger partial charge in [0.05, 0.1) is 12.3 Å². The van der Waals surface area contributed by atoms with Gasteiger partial charge in [0.25, 0.3) is 5.91 Å². The van der Waals surface area contributed by atoms with Gasteiger partial charge in [-0.05, 0) is 31.0 Å². The molecule has 0 aliphatic carbocycles. The predicted octanol–water partition coefficient (Wildman–Crippen LogP) is 3.55. The number of hydrogen-bond donors (Lipinski definition) is 2. The summed E-state index contributed by atoms with van der Waals surface area (Å²) in [6.45, 7) is 9.42. The molecule has 2 aromatic rings. The minimum atomic E-state index is -0.0204. The van der Waals surface area contributed by atoms with Crippen molar-refractivity contribution in [2.45, 2.75) is 40.2 Å². The standard InChI is InChI=1S/C22H30N2O2/c1-5-17-11-13-18(14-12-17)22(16(3)4)23-15-21(25)24-19-9-7-8-10-20(19)26-6-2/h7-14,16,22-23H,5-6,15H2,1-4H3,(H,24,25)/p+1/t22-/m1/s1. The molecule has 3 N–H and O–H groups in total. The number of rotatable bonds is 9. The molecule has 2 aromatic carbocycles. The number of nitrogens with one attached hydrogen (secondary N) is 1. The third kappa shape index (κ3) is 5.60. The fourth-order valence-corrected chi connectivity index (χ4v) is 3.06. The lowest BCUT2D eigenvalue weighted by Crippen LogP contribution is -2.88. The van der Waals surface area contributed by atoms with Crippen LogP contribution in [0.4, 0.5) is 5.69 Å². The second kappa shape index (κ2) is 9.97. The van der Waals surface area contributed by atoms with Gasteiger partial charge in [0.15, 0.2) is 6.54 Å². The molecule has 4 nitrogen and oxygen atoms in total. The third-order valence-corrected chi connectivity index (χ3v) is 4.51. The largest absolute Gasteiger partial charge is 0.492 e. The van der Waals surface area contributed by atoms with Gasteiger partial charge < -0.3 is 15.4 Å². The molecule has 1 amide bonds. The zero-order valence-electron chi connectivity index (χ0n) is 16.3. The molecule has 0 radical (unpaired) electrons. The molecule has 0 unspecified atom stereocenters. The molecule has 0 fully saturated rings. The second-order valence-corrected chi connectivity index (χ2v) is 6.78. The lowest BCUT2D eigenvalue weighted by Gasteiger charge is -2.20. The Morgan fingerprint density at radius 3 is 2.38 bits per heavy atom. The van der Waals surface area contributed by atoms with E-state index >= 15 is 0 Å². The molecule has 140 valence electrons. The molecule has 0 bridgehead atoms. The van der Waals surface area contributed by atoms with E-state index in [0.717, 1.165) is 12.1 Å².